The Morgan fingerprint density at radius 1 is 1.09 bits per heavy atom. The topological polar surface area (TPSA) is 82.8 Å². The van der Waals surface area contributed by atoms with E-state index in [0.29, 0.717) is 43.8 Å². The molecule has 1 saturated carbocycles. The number of piperazine rings is 1. The molecule has 4 rings (SSSR count). The van der Waals surface area contributed by atoms with Crippen LogP contribution in [-0.2, 0) is 4.79 Å². The summed E-state index contributed by atoms with van der Waals surface area (Å²) < 4.78 is 16.8. The number of hydrogen-bond acceptors (Lipinski definition) is 4. The number of rotatable bonds is 8. The molecule has 1 aliphatic heterocycles. The fraction of sp³-hybridized carbons (Fsp3) is 0.542. The quantitative estimate of drug-likeness (QED) is 0.628. The van der Waals surface area contributed by atoms with Crippen LogP contribution < -0.4 is 10.3 Å². The smallest absolute Gasteiger partial charge is 0.341 e. The number of carboxylic acid groups (broad SMARTS) is 1. The van der Waals surface area contributed by atoms with E-state index in [4.69, 9.17) is 0 Å². The molecule has 2 fully saturated rings. The Labute approximate surface area is 186 Å². The number of fused-ring (bicyclic) bond motifs is 1. The number of hydrogen-bond donors (Lipinski definition) is 1. The molecule has 0 atom stereocenters. The van der Waals surface area contributed by atoms with Crippen LogP contribution in [0.25, 0.3) is 10.9 Å². The molecular weight excluding hydrogens is 413 g/mol. The first-order valence-electron chi connectivity index (χ1n) is 11.5. The van der Waals surface area contributed by atoms with Crippen molar-refractivity contribution in [1.29, 1.82) is 0 Å². The van der Waals surface area contributed by atoms with Gasteiger partial charge < -0.3 is 19.5 Å². The average Bonchev–Trinajstić information content (AvgIpc) is 3.62. The second-order valence-electron chi connectivity index (χ2n) is 8.81. The van der Waals surface area contributed by atoms with Gasteiger partial charge in [0.05, 0.1) is 11.2 Å². The Morgan fingerprint density at radius 3 is 2.44 bits per heavy atom. The summed E-state index contributed by atoms with van der Waals surface area (Å²) in [7, 11) is 0. The van der Waals surface area contributed by atoms with Crippen LogP contribution >= 0.6 is 0 Å². The number of aromatic nitrogens is 1. The number of pyridine rings is 1. The van der Waals surface area contributed by atoms with E-state index in [0.717, 1.165) is 38.5 Å². The van der Waals surface area contributed by atoms with Gasteiger partial charge in [-0.1, -0.05) is 26.2 Å². The minimum Gasteiger partial charge on any atom is -0.477 e. The molecule has 2 aromatic rings. The van der Waals surface area contributed by atoms with Crippen molar-refractivity contribution in [3.05, 3.63) is 39.9 Å². The lowest BCUT2D eigenvalue weighted by Crippen LogP contribution is -2.49. The van der Waals surface area contributed by atoms with Gasteiger partial charge in [0.1, 0.15) is 11.4 Å². The molecule has 2 heterocycles. The molecule has 1 aliphatic carbocycles. The van der Waals surface area contributed by atoms with E-state index in [-0.39, 0.29) is 22.9 Å². The first kappa shape index (κ1) is 22.3. The molecule has 1 N–H and O–H groups in total. The zero-order valence-corrected chi connectivity index (χ0v) is 18.5. The molecule has 8 heteroatoms. The molecule has 1 saturated heterocycles. The zero-order valence-electron chi connectivity index (χ0n) is 18.5. The van der Waals surface area contributed by atoms with Crippen molar-refractivity contribution in [2.75, 3.05) is 31.1 Å². The third kappa shape index (κ3) is 4.49. The number of nitrogens with zero attached hydrogens (tertiary/aromatic N) is 3. The summed E-state index contributed by atoms with van der Waals surface area (Å²) in [4.78, 5) is 40.3. The van der Waals surface area contributed by atoms with Crippen molar-refractivity contribution in [3.8, 4) is 0 Å². The van der Waals surface area contributed by atoms with E-state index < -0.39 is 17.2 Å². The van der Waals surface area contributed by atoms with Crippen molar-refractivity contribution in [1.82, 2.24) is 9.47 Å². The number of carbonyl (C=O) groups is 2. The second-order valence-corrected chi connectivity index (χ2v) is 8.81. The summed E-state index contributed by atoms with van der Waals surface area (Å²) in [5.41, 5.74) is -0.0336. The molecule has 7 nitrogen and oxygen atoms in total. The van der Waals surface area contributed by atoms with E-state index in [1.165, 1.54) is 12.3 Å². The van der Waals surface area contributed by atoms with Gasteiger partial charge in [-0.2, -0.15) is 0 Å². The van der Waals surface area contributed by atoms with Crippen molar-refractivity contribution in [3.63, 3.8) is 0 Å². The normalized spacial score (nSPS) is 16.6. The number of unbranched alkanes of at least 4 members (excludes halogenated alkanes) is 3. The Hall–Kier alpha value is -2.90. The van der Waals surface area contributed by atoms with Crippen molar-refractivity contribution in [2.24, 2.45) is 0 Å². The summed E-state index contributed by atoms with van der Waals surface area (Å²) in [6, 6.07) is 2.97. The van der Waals surface area contributed by atoms with Crippen LogP contribution in [0.3, 0.4) is 0 Å². The SMILES string of the molecule is CCCCCCC(=O)N1CCN(c2cc3c(cc2F)c(=O)c(C(=O)O)cn3C2CC2)CC1. The maximum Gasteiger partial charge on any atom is 0.341 e. The molecule has 1 aromatic heterocycles. The maximum absolute atomic E-state index is 15.0. The van der Waals surface area contributed by atoms with E-state index in [1.807, 2.05) is 9.80 Å². The van der Waals surface area contributed by atoms with Crippen LogP contribution in [0.4, 0.5) is 10.1 Å². The molecular formula is C24H30FN3O4. The highest BCUT2D eigenvalue weighted by atomic mass is 19.1. The van der Waals surface area contributed by atoms with Gasteiger partial charge in [0.25, 0.3) is 0 Å². The number of carbonyl (C=O) groups excluding carboxylic acids is 1. The molecule has 0 unspecified atom stereocenters. The van der Waals surface area contributed by atoms with Gasteiger partial charge in [-0.3, -0.25) is 9.59 Å². The summed E-state index contributed by atoms with van der Waals surface area (Å²) >= 11 is 0. The molecule has 1 aromatic carbocycles. The van der Waals surface area contributed by atoms with E-state index in [1.54, 1.807) is 10.6 Å². The Balaban J connectivity index is 1.54. The molecule has 2 aliphatic rings. The molecule has 0 radical (unpaired) electrons. The summed E-state index contributed by atoms with van der Waals surface area (Å²) in [6.07, 6.45) is 8.01. The van der Waals surface area contributed by atoms with Gasteiger partial charge in [-0.25, -0.2) is 9.18 Å². The number of benzene rings is 1. The standard InChI is InChI=1S/C24H30FN3O4/c1-2-3-4-5-6-22(29)27-11-9-26(10-12-27)21-14-20-17(13-19(21)25)23(30)18(24(31)32)15-28(20)16-7-8-16/h13-16H,2-12H2,1H3,(H,31,32). The lowest BCUT2D eigenvalue weighted by molar-refractivity contribution is -0.131. The maximum atomic E-state index is 15.0. The fourth-order valence-electron chi connectivity index (χ4n) is 4.47. The van der Waals surface area contributed by atoms with Crippen molar-refractivity contribution in [2.45, 2.75) is 57.9 Å². The van der Waals surface area contributed by atoms with Gasteiger partial charge in [0.2, 0.25) is 11.3 Å². The van der Waals surface area contributed by atoms with Crippen LogP contribution in [0.15, 0.2) is 23.1 Å². The van der Waals surface area contributed by atoms with Gasteiger partial charge in [-0.15, -0.1) is 0 Å². The van der Waals surface area contributed by atoms with Crippen molar-refractivity contribution >= 4 is 28.5 Å². The van der Waals surface area contributed by atoms with Gasteiger partial charge in [-0.05, 0) is 31.4 Å². The largest absolute Gasteiger partial charge is 0.477 e. The predicted molar refractivity (Wildman–Crippen MR) is 121 cm³/mol. The van der Waals surface area contributed by atoms with E-state index in [2.05, 4.69) is 6.92 Å². The number of carboxylic acids is 1. The summed E-state index contributed by atoms with van der Waals surface area (Å²) in [6.45, 7) is 4.25. The van der Waals surface area contributed by atoms with Crippen LogP contribution in [0.5, 0.6) is 0 Å². The Bertz CT molecular complexity index is 1080. The third-order valence-electron chi connectivity index (χ3n) is 6.49. The fourth-order valence-corrected chi connectivity index (χ4v) is 4.47. The highest BCUT2D eigenvalue weighted by Gasteiger charge is 2.29. The summed E-state index contributed by atoms with van der Waals surface area (Å²) in [5, 5.41) is 9.48. The van der Waals surface area contributed by atoms with Crippen LogP contribution in [0, 0.1) is 5.82 Å². The van der Waals surface area contributed by atoms with Crippen molar-refractivity contribution < 1.29 is 19.1 Å². The van der Waals surface area contributed by atoms with Crippen LogP contribution in [0.1, 0.15) is 68.3 Å². The van der Waals surface area contributed by atoms with E-state index >= 15 is 4.39 Å². The molecule has 1 amide bonds. The Morgan fingerprint density at radius 2 is 1.81 bits per heavy atom. The Kier molecular flexibility index (Phi) is 6.48. The number of aromatic carboxylic acids is 1. The first-order chi connectivity index (χ1) is 15.4. The molecule has 0 spiro atoms. The first-order valence-corrected chi connectivity index (χ1v) is 11.5. The number of halogens is 1. The van der Waals surface area contributed by atoms with Crippen LogP contribution in [-0.4, -0.2) is 52.6 Å². The average molecular weight is 444 g/mol. The highest BCUT2D eigenvalue weighted by Crippen LogP contribution is 2.38. The number of anilines is 1. The summed E-state index contributed by atoms with van der Waals surface area (Å²) in [5.74, 6) is -1.69. The lowest BCUT2D eigenvalue weighted by Gasteiger charge is -2.36. The molecule has 0 bridgehead atoms. The lowest BCUT2D eigenvalue weighted by atomic mass is 10.1. The zero-order chi connectivity index (χ0) is 22.8. The van der Waals surface area contributed by atoms with Gasteiger partial charge in [0, 0.05) is 50.2 Å². The highest BCUT2D eigenvalue weighted by molar-refractivity contribution is 5.93. The third-order valence-corrected chi connectivity index (χ3v) is 6.49. The minimum absolute atomic E-state index is 0.0962. The minimum atomic E-state index is -1.30. The molecule has 32 heavy (non-hydrogen) atoms. The second kappa shape index (κ2) is 9.30. The monoisotopic (exact) mass is 443 g/mol. The van der Waals surface area contributed by atoms with Gasteiger partial charge in [0.15, 0.2) is 0 Å². The van der Waals surface area contributed by atoms with Crippen LogP contribution in [0.2, 0.25) is 0 Å². The number of amides is 1. The van der Waals surface area contributed by atoms with Gasteiger partial charge >= 0.3 is 5.97 Å². The predicted octanol–water partition coefficient (Wildman–Crippen LogP) is 3.79. The molecule has 172 valence electrons. The van der Waals surface area contributed by atoms with E-state index in [9.17, 15) is 19.5 Å².